The fraction of sp³-hybridized carbons (Fsp3) is 0.111. The first kappa shape index (κ1) is 14.0. The van der Waals surface area contributed by atoms with Gasteiger partial charge in [0, 0.05) is 0 Å². The van der Waals surface area contributed by atoms with Crippen LogP contribution in [0.1, 0.15) is 23.6 Å². The van der Waals surface area contributed by atoms with E-state index in [4.69, 9.17) is 0 Å². The van der Waals surface area contributed by atoms with E-state index in [1.165, 1.54) is 16.7 Å². The fourth-order valence-corrected chi connectivity index (χ4v) is 1.48. The van der Waals surface area contributed by atoms with Crippen LogP contribution in [0.3, 0.4) is 0 Å². The zero-order valence-electron chi connectivity index (χ0n) is 11.0. The molecule has 0 nitrogen and oxygen atoms in total. The highest BCUT2D eigenvalue weighted by Crippen LogP contribution is 2.05. The molecule has 0 saturated carbocycles. The normalized spacial score (nSPS) is 8.94. The van der Waals surface area contributed by atoms with Crippen molar-refractivity contribution in [2.24, 2.45) is 0 Å². The molecule has 18 heavy (non-hydrogen) atoms. The molecule has 0 aliphatic rings. The third-order valence-corrected chi connectivity index (χ3v) is 2.66. The van der Waals surface area contributed by atoms with Crippen molar-refractivity contribution in [1.29, 1.82) is 0 Å². The van der Waals surface area contributed by atoms with Crippen LogP contribution in [-0.4, -0.2) is 0 Å². The van der Waals surface area contributed by atoms with Crippen molar-refractivity contribution in [3.63, 3.8) is 0 Å². The minimum atomic E-state index is 1.11. The molecule has 0 aromatic heterocycles. The number of aryl methyl sites for hydroxylation is 1. The lowest BCUT2D eigenvalue weighted by molar-refractivity contribution is 1.14. The van der Waals surface area contributed by atoms with Gasteiger partial charge >= 0.3 is 0 Å². The average Bonchev–Trinajstić information content (AvgIpc) is 2.49. The Bertz CT molecular complexity index is 463. The molecule has 0 N–H and O–H groups in total. The minimum absolute atomic E-state index is 1.11. The lowest BCUT2D eigenvalue weighted by Gasteiger charge is -1.95. The standard InChI is InChI=1S/C10H12.C8H8/c1-3-9-5-7-10(4-2)8-6-9;1-2-8-6-4-3-5-7-8/h3,5-8H,1,4H2,2H3;2-7H,1H2. The molecule has 0 saturated heterocycles. The summed E-state index contributed by atoms with van der Waals surface area (Å²) >= 11 is 0. The maximum Gasteiger partial charge on any atom is -0.0262 e. The molecule has 92 valence electrons. The summed E-state index contributed by atoms with van der Waals surface area (Å²) in [6.07, 6.45) is 4.80. The Morgan fingerprint density at radius 2 is 1.28 bits per heavy atom. The molecule has 2 aromatic rings. The smallest absolute Gasteiger partial charge is 0.0262 e. The molecule has 0 amide bonds. The predicted octanol–water partition coefficient (Wildman–Crippen LogP) is 5.22. The van der Waals surface area contributed by atoms with E-state index >= 15 is 0 Å². The minimum Gasteiger partial charge on any atom is -0.0985 e. The highest BCUT2D eigenvalue weighted by atomic mass is 13.9. The lowest BCUT2D eigenvalue weighted by atomic mass is 10.1. The van der Waals surface area contributed by atoms with E-state index in [9.17, 15) is 0 Å². The van der Waals surface area contributed by atoms with Crippen molar-refractivity contribution in [2.45, 2.75) is 13.3 Å². The van der Waals surface area contributed by atoms with Gasteiger partial charge in [0.25, 0.3) is 0 Å². The van der Waals surface area contributed by atoms with E-state index in [0.29, 0.717) is 0 Å². The first-order valence-corrected chi connectivity index (χ1v) is 6.19. The van der Waals surface area contributed by atoms with E-state index in [1.807, 2.05) is 42.5 Å². The zero-order valence-corrected chi connectivity index (χ0v) is 11.0. The number of rotatable bonds is 3. The Hall–Kier alpha value is -2.08. The molecule has 0 aliphatic carbocycles. The first-order valence-electron chi connectivity index (χ1n) is 6.19. The third-order valence-electron chi connectivity index (χ3n) is 2.66. The Labute approximate surface area is 110 Å². The molecular formula is C18H20. The fourth-order valence-electron chi connectivity index (χ4n) is 1.48. The van der Waals surface area contributed by atoms with Gasteiger partial charge in [-0.2, -0.15) is 0 Å². The van der Waals surface area contributed by atoms with Crippen LogP contribution in [0.25, 0.3) is 12.2 Å². The summed E-state index contributed by atoms with van der Waals surface area (Å²) in [6.45, 7) is 9.47. The molecule has 0 unspecified atom stereocenters. The van der Waals surface area contributed by atoms with Crippen LogP contribution in [0.2, 0.25) is 0 Å². The monoisotopic (exact) mass is 236 g/mol. The molecular weight excluding hydrogens is 216 g/mol. The summed E-state index contributed by atoms with van der Waals surface area (Å²) in [7, 11) is 0. The summed E-state index contributed by atoms with van der Waals surface area (Å²) in [5.41, 5.74) is 3.75. The zero-order chi connectivity index (χ0) is 13.2. The van der Waals surface area contributed by atoms with Crippen molar-refractivity contribution in [3.05, 3.63) is 84.4 Å². The van der Waals surface area contributed by atoms with Gasteiger partial charge in [0.2, 0.25) is 0 Å². The van der Waals surface area contributed by atoms with E-state index in [0.717, 1.165) is 6.42 Å². The Kier molecular flexibility index (Phi) is 6.27. The molecule has 0 radical (unpaired) electrons. The highest BCUT2D eigenvalue weighted by molar-refractivity contribution is 5.47. The lowest BCUT2D eigenvalue weighted by Crippen LogP contribution is -1.78. The van der Waals surface area contributed by atoms with Crippen molar-refractivity contribution in [2.75, 3.05) is 0 Å². The van der Waals surface area contributed by atoms with Crippen LogP contribution < -0.4 is 0 Å². The van der Waals surface area contributed by atoms with Gasteiger partial charge in [-0.05, 0) is 23.1 Å². The largest absolute Gasteiger partial charge is 0.0985 e. The average molecular weight is 236 g/mol. The Morgan fingerprint density at radius 1 is 0.778 bits per heavy atom. The first-order chi connectivity index (χ1) is 8.80. The molecule has 0 bridgehead atoms. The van der Waals surface area contributed by atoms with Crippen LogP contribution >= 0.6 is 0 Å². The van der Waals surface area contributed by atoms with Gasteiger partial charge in [0.15, 0.2) is 0 Å². The second-order valence-electron chi connectivity index (χ2n) is 3.91. The topological polar surface area (TPSA) is 0 Å². The van der Waals surface area contributed by atoms with Gasteiger partial charge < -0.3 is 0 Å². The summed E-state index contributed by atoms with van der Waals surface area (Å²) in [5.74, 6) is 0. The van der Waals surface area contributed by atoms with Crippen molar-refractivity contribution >= 4 is 12.2 Å². The van der Waals surface area contributed by atoms with E-state index < -0.39 is 0 Å². The Balaban J connectivity index is 0.000000184. The van der Waals surface area contributed by atoms with Crippen molar-refractivity contribution in [3.8, 4) is 0 Å². The van der Waals surface area contributed by atoms with Crippen LogP contribution in [0.5, 0.6) is 0 Å². The molecule has 2 aromatic carbocycles. The summed E-state index contributed by atoms with van der Waals surface area (Å²) in [5, 5.41) is 0. The van der Waals surface area contributed by atoms with E-state index in [1.54, 1.807) is 0 Å². The van der Waals surface area contributed by atoms with Crippen molar-refractivity contribution in [1.82, 2.24) is 0 Å². The second kappa shape index (κ2) is 8.08. The van der Waals surface area contributed by atoms with Gasteiger partial charge in [-0.25, -0.2) is 0 Å². The quantitative estimate of drug-likeness (QED) is 0.685. The van der Waals surface area contributed by atoms with Gasteiger partial charge in [0.1, 0.15) is 0 Å². The van der Waals surface area contributed by atoms with Crippen LogP contribution in [0.4, 0.5) is 0 Å². The predicted molar refractivity (Wildman–Crippen MR) is 82.4 cm³/mol. The summed E-state index contributed by atoms with van der Waals surface area (Å²) in [6, 6.07) is 18.5. The molecule has 0 aliphatic heterocycles. The maximum atomic E-state index is 3.69. The Morgan fingerprint density at radius 3 is 1.67 bits per heavy atom. The molecule has 0 fully saturated rings. The third kappa shape index (κ3) is 4.84. The van der Waals surface area contributed by atoms with E-state index in [2.05, 4.69) is 44.3 Å². The molecule has 0 heteroatoms. The maximum absolute atomic E-state index is 3.69. The van der Waals surface area contributed by atoms with Gasteiger partial charge in [-0.3, -0.25) is 0 Å². The highest BCUT2D eigenvalue weighted by Gasteiger charge is 1.86. The SMILES string of the molecule is C=Cc1ccc(CC)cc1.C=Cc1ccccc1. The van der Waals surface area contributed by atoms with Crippen LogP contribution in [0, 0.1) is 0 Å². The van der Waals surface area contributed by atoms with Crippen molar-refractivity contribution < 1.29 is 0 Å². The summed E-state index contributed by atoms with van der Waals surface area (Å²) < 4.78 is 0. The van der Waals surface area contributed by atoms with Crippen LogP contribution in [-0.2, 0) is 6.42 Å². The van der Waals surface area contributed by atoms with E-state index in [-0.39, 0.29) is 0 Å². The van der Waals surface area contributed by atoms with Crippen LogP contribution in [0.15, 0.2) is 67.8 Å². The summed E-state index contributed by atoms with van der Waals surface area (Å²) in [4.78, 5) is 0. The number of hydrogen-bond donors (Lipinski definition) is 0. The van der Waals surface area contributed by atoms with Gasteiger partial charge in [0.05, 0.1) is 0 Å². The molecule has 0 spiro atoms. The van der Waals surface area contributed by atoms with Gasteiger partial charge in [-0.1, -0.05) is 86.8 Å². The molecule has 0 atom stereocenters. The second-order valence-corrected chi connectivity index (χ2v) is 3.91. The molecule has 0 heterocycles. The number of hydrogen-bond acceptors (Lipinski definition) is 0. The number of benzene rings is 2. The van der Waals surface area contributed by atoms with Gasteiger partial charge in [-0.15, -0.1) is 0 Å². The molecule has 2 rings (SSSR count).